The van der Waals surface area contributed by atoms with E-state index in [1.54, 1.807) is 32.1 Å². The highest BCUT2D eigenvalue weighted by atomic mass is 14.6. The highest BCUT2D eigenvalue weighted by Crippen LogP contribution is 2.61. The zero-order valence-corrected chi connectivity index (χ0v) is 11.9. The minimum absolute atomic E-state index is 0.727. The van der Waals surface area contributed by atoms with E-state index in [9.17, 15) is 0 Å². The van der Waals surface area contributed by atoms with Crippen molar-refractivity contribution in [2.24, 2.45) is 29.1 Å². The maximum absolute atomic E-state index is 2.68. The number of hydrogen-bond acceptors (Lipinski definition) is 0. The minimum Gasteiger partial charge on any atom is -0.0622 e. The van der Waals surface area contributed by atoms with Crippen LogP contribution in [0.4, 0.5) is 0 Å². The molecule has 0 heterocycles. The lowest BCUT2D eigenvalue weighted by molar-refractivity contribution is 0.0546. The Kier molecular flexibility index (Phi) is 3.26. The van der Waals surface area contributed by atoms with E-state index >= 15 is 0 Å². The molecule has 0 bridgehead atoms. The molecule has 98 valence electrons. The van der Waals surface area contributed by atoms with E-state index in [4.69, 9.17) is 0 Å². The van der Waals surface area contributed by atoms with Crippen molar-refractivity contribution < 1.29 is 0 Å². The van der Waals surface area contributed by atoms with Crippen molar-refractivity contribution in [1.29, 1.82) is 0 Å². The Hall–Kier alpha value is 0. The van der Waals surface area contributed by atoms with Crippen LogP contribution < -0.4 is 0 Å². The molecule has 3 aliphatic carbocycles. The van der Waals surface area contributed by atoms with Gasteiger partial charge in [0, 0.05) is 0 Å². The Morgan fingerprint density at radius 1 is 0.824 bits per heavy atom. The van der Waals surface area contributed by atoms with Crippen LogP contribution in [0.5, 0.6) is 0 Å². The lowest BCUT2D eigenvalue weighted by Crippen LogP contribution is -2.35. The van der Waals surface area contributed by atoms with E-state index in [0.717, 1.165) is 29.1 Å². The van der Waals surface area contributed by atoms with E-state index in [2.05, 4.69) is 13.8 Å². The molecule has 0 aromatic heterocycles. The summed E-state index contributed by atoms with van der Waals surface area (Å²) in [6.45, 7) is 5.23. The smallest absolute Gasteiger partial charge is 0.0264 e. The maximum Gasteiger partial charge on any atom is -0.0264 e. The first-order chi connectivity index (χ1) is 8.22. The lowest BCUT2D eigenvalue weighted by Gasteiger charge is -2.44. The summed E-state index contributed by atoms with van der Waals surface area (Å²) >= 11 is 0. The predicted octanol–water partition coefficient (Wildman–Crippen LogP) is 5.42. The van der Waals surface area contributed by atoms with Gasteiger partial charge in [-0.05, 0) is 61.2 Å². The highest BCUT2D eigenvalue weighted by molar-refractivity contribution is 5.01. The Bertz CT molecular complexity index is 263. The summed E-state index contributed by atoms with van der Waals surface area (Å²) in [6.07, 6.45) is 15.3. The van der Waals surface area contributed by atoms with Gasteiger partial charge in [-0.3, -0.25) is 0 Å². The molecule has 0 heteroatoms. The second kappa shape index (κ2) is 4.59. The van der Waals surface area contributed by atoms with E-state index in [1.165, 1.54) is 32.1 Å². The van der Waals surface area contributed by atoms with Gasteiger partial charge in [0.05, 0.1) is 0 Å². The van der Waals surface area contributed by atoms with Gasteiger partial charge in [-0.1, -0.05) is 46.0 Å². The van der Waals surface area contributed by atoms with Gasteiger partial charge in [-0.2, -0.15) is 0 Å². The number of fused-ring (bicyclic) bond motifs is 1. The third kappa shape index (κ3) is 1.96. The van der Waals surface area contributed by atoms with Crippen LogP contribution in [0, 0.1) is 29.1 Å². The van der Waals surface area contributed by atoms with Gasteiger partial charge < -0.3 is 0 Å². The molecule has 4 atom stereocenters. The van der Waals surface area contributed by atoms with Gasteiger partial charge in [-0.15, -0.1) is 0 Å². The van der Waals surface area contributed by atoms with E-state index in [0.29, 0.717) is 0 Å². The predicted molar refractivity (Wildman–Crippen MR) is 73.9 cm³/mol. The van der Waals surface area contributed by atoms with Crippen molar-refractivity contribution in [1.82, 2.24) is 0 Å². The van der Waals surface area contributed by atoms with Gasteiger partial charge in [0.15, 0.2) is 0 Å². The second-order valence-electron chi connectivity index (χ2n) is 7.58. The lowest BCUT2D eigenvalue weighted by atomic mass is 9.61. The molecule has 0 radical (unpaired) electrons. The molecule has 0 aliphatic heterocycles. The minimum atomic E-state index is 0.727. The molecule has 3 saturated carbocycles. The fourth-order valence-electron chi connectivity index (χ4n) is 5.89. The van der Waals surface area contributed by atoms with Gasteiger partial charge >= 0.3 is 0 Å². The molecule has 0 N–H and O–H groups in total. The molecule has 0 aromatic carbocycles. The van der Waals surface area contributed by atoms with E-state index in [-0.39, 0.29) is 0 Å². The molecule has 0 saturated heterocycles. The molecule has 4 unspecified atom stereocenters. The molecular formula is C17H30. The summed E-state index contributed by atoms with van der Waals surface area (Å²) in [5.41, 5.74) is 0.727. The van der Waals surface area contributed by atoms with Gasteiger partial charge in [0.1, 0.15) is 0 Å². The number of rotatable bonds is 1. The molecule has 3 fully saturated rings. The number of hydrogen-bond donors (Lipinski definition) is 0. The normalized spacial score (nSPS) is 48.0. The van der Waals surface area contributed by atoms with Crippen molar-refractivity contribution in [2.45, 2.75) is 78.1 Å². The van der Waals surface area contributed by atoms with Crippen LogP contribution in [0.2, 0.25) is 0 Å². The maximum atomic E-state index is 2.68. The molecule has 0 amide bonds. The fraction of sp³-hybridized carbons (Fsp3) is 1.00. The Labute approximate surface area is 108 Å². The SMILES string of the molecule is CC1CC(C)(C2CCCCC2)C2CCCCC12. The molecule has 0 spiro atoms. The average molecular weight is 234 g/mol. The Balaban J connectivity index is 1.80. The Morgan fingerprint density at radius 2 is 1.47 bits per heavy atom. The molecule has 0 nitrogen and oxygen atoms in total. The first kappa shape index (κ1) is 12.1. The van der Waals surface area contributed by atoms with E-state index < -0.39 is 0 Å². The van der Waals surface area contributed by atoms with Crippen LogP contribution in [0.3, 0.4) is 0 Å². The Morgan fingerprint density at radius 3 is 2.24 bits per heavy atom. The first-order valence-corrected chi connectivity index (χ1v) is 8.22. The first-order valence-electron chi connectivity index (χ1n) is 8.22. The average Bonchev–Trinajstić information content (AvgIpc) is 2.65. The third-order valence-electron chi connectivity index (χ3n) is 6.70. The summed E-state index contributed by atoms with van der Waals surface area (Å²) in [7, 11) is 0. The standard InChI is InChI=1S/C17H30/c1-13-12-17(2,14-8-4-3-5-9-14)16-11-7-6-10-15(13)16/h13-16H,3-12H2,1-2H3. The van der Waals surface area contributed by atoms with Crippen LogP contribution in [-0.4, -0.2) is 0 Å². The van der Waals surface area contributed by atoms with Crippen LogP contribution in [0.1, 0.15) is 78.1 Å². The summed E-state index contributed by atoms with van der Waals surface area (Å²) in [4.78, 5) is 0. The van der Waals surface area contributed by atoms with E-state index in [1.807, 2.05) is 0 Å². The van der Waals surface area contributed by atoms with Gasteiger partial charge in [-0.25, -0.2) is 0 Å². The fourth-order valence-corrected chi connectivity index (χ4v) is 5.89. The summed E-state index contributed by atoms with van der Waals surface area (Å²) < 4.78 is 0. The van der Waals surface area contributed by atoms with Gasteiger partial charge in [0.25, 0.3) is 0 Å². The zero-order valence-electron chi connectivity index (χ0n) is 11.9. The van der Waals surface area contributed by atoms with Crippen molar-refractivity contribution in [3.8, 4) is 0 Å². The van der Waals surface area contributed by atoms with Crippen molar-refractivity contribution in [3.05, 3.63) is 0 Å². The van der Waals surface area contributed by atoms with Crippen molar-refractivity contribution in [3.63, 3.8) is 0 Å². The van der Waals surface area contributed by atoms with Gasteiger partial charge in [0.2, 0.25) is 0 Å². The highest BCUT2D eigenvalue weighted by Gasteiger charge is 2.52. The van der Waals surface area contributed by atoms with Crippen LogP contribution >= 0.6 is 0 Å². The third-order valence-corrected chi connectivity index (χ3v) is 6.70. The quantitative estimate of drug-likeness (QED) is 0.568. The molecule has 17 heavy (non-hydrogen) atoms. The van der Waals surface area contributed by atoms with Crippen molar-refractivity contribution in [2.75, 3.05) is 0 Å². The van der Waals surface area contributed by atoms with Crippen molar-refractivity contribution >= 4 is 0 Å². The largest absolute Gasteiger partial charge is 0.0622 e. The van der Waals surface area contributed by atoms with Crippen LogP contribution in [0.25, 0.3) is 0 Å². The second-order valence-corrected chi connectivity index (χ2v) is 7.58. The topological polar surface area (TPSA) is 0 Å². The summed E-state index contributed by atoms with van der Waals surface area (Å²) in [5, 5.41) is 0. The van der Waals surface area contributed by atoms with Crippen LogP contribution in [0.15, 0.2) is 0 Å². The molecule has 3 rings (SSSR count). The summed E-state index contributed by atoms with van der Waals surface area (Å²) in [6, 6.07) is 0. The monoisotopic (exact) mass is 234 g/mol. The molecular weight excluding hydrogens is 204 g/mol. The molecule has 3 aliphatic rings. The zero-order chi connectivity index (χ0) is 11.9. The summed E-state index contributed by atoms with van der Waals surface area (Å²) in [5.74, 6) is 4.28. The van der Waals surface area contributed by atoms with Crippen LogP contribution in [-0.2, 0) is 0 Å². The molecule has 0 aromatic rings.